The first-order valence-corrected chi connectivity index (χ1v) is 4.95. The van der Waals surface area contributed by atoms with Gasteiger partial charge in [0.05, 0.1) is 0 Å². The zero-order valence-electron chi connectivity index (χ0n) is 9.02. The van der Waals surface area contributed by atoms with Gasteiger partial charge in [-0.3, -0.25) is 0 Å². The van der Waals surface area contributed by atoms with Crippen molar-refractivity contribution < 1.29 is 0 Å². The molecule has 11 heavy (non-hydrogen) atoms. The fourth-order valence-electron chi connectivity index (χ4n) is 1.28. The summed E-state index contributed by atoms with van der Waals surface area (Å²) in [7, 11) is 0. The van der Waals surface area contributed by atoms with Gasteiger partial charge in [-0.2, -0.15) is 0 Å². The molecule has 0 heteroatoms. The smallest absolute Gasteiger partial charge is 0.0363 e. The van der Waals surface area contributed by atoms with Gasteiger partial charge >= 0.3 is 0 Å². The van der Waals surface area contributed by atoms with Crippen LogP contribution in [0.15, 0.2) is 0 Å². The molecule has 0 aromatic heterocycles. The molecule has 0 aromatic rings. The molecule has 0 bridgehead atoms. The van der Waals surface area contributed by atoms with E-state index in [2.05, 4.69) is 41.5 Å². The second-order valence-corrected chi connectivity index (χ2v) is 4.85. The molecule has 0 N–H and O–H groups in total. The maximum absolute atomic E-state index is 2.34. The molecule has 0 saturated heterocycles. The lowest BCUT2D eigenvalue weighted by Crippen LogP contribution is -1.89. The van der Waals surface area contributed by atoms with E-state index in [0.717, 1.165) is 23.7 Å². The Morgan fingerprint density at radius 1 is 1.00 bits per heavy atom. The van der Waals surface area contributed by atoms with Crippen LogP contribution in [0.3, 0.4) is 0 Å². The van der Waals surface area contributed by atoms with Crippen LogP contribution < -0.4 is 0 Å². The van der Waals surface area contributed by atoms with Crippen molar-refractivity contribution in [3.05, 3.63) is 0 Å². The summed E-state index contributed by atoms with van der Waals surface area (Å²) in [4.78, 5) is 0. The van der Waals surface area contributed by atoms with Gasteiger partial charge in [0.25, 0.3) is 0 Å². The number of rotatable bonds is 1. The van der Waals surface area contributed by atoms with Gasteiger partial charge in [-0.1, -0.05) is 41.5 Å². The van der Waals surface area contributed by atoms with Crippen LogP contribution in [0.2, 0.25) is 0 Å². The van der Waals surface area contributed by atoms with Crippen LogP contribution >= 0.6 is 0 Å². The quantitative estimate of drug-likeness (QED) is 0.539. The zero-order valence-corrected chi connectivity index (χ0v) is 9.02. The molecule has 0 heterocycles. The van der Waals surface area contributed by atoms with E-state index in [-0.39, 0.29) is 0 Å². The Labute approximate surface area is 72.4 Å². The molecule has 0 aliphatic heterocycles. The van der Waals surface area contributed by atoms with Crippen LogP contribution in [-0.2, 0) is 0 Å². The Bertz CT molecular complexity index is 89.5. The third kappa shape index (κ3) is 6.40. The minimum Gasteiger partial charge on any atom is -0.0630 e. The standard InChI is InChI=1S/C7H14.C4H10/c1-5(2)7-4-6(7)3;1-4(2)3/h5-7H,4H2,1-3H3;4H,1-3H3. The molecule has 0 aromatic carbocycles. The van der Waals surface area contributed by atoms with Crippen LogP contribution in [0.1, 0.15) is 48.0 Å². The molecule has 1 aliphatic rings. The molecule has 2 atom stereocenters. The summed E-state index contributed by atoms with van der Waals surface area (Å²) >= 11 is 0. The summed E-state index contributed by atoms with van der Waals surface area (Å²) in [6.07, 6.45) is 1.48. The minimum atomic E-state index is 0.833. The van der Waals surface area contributed by atoms with E-state index in [4.69, 9.17) is 0 Å². The second-order valence-electron chi connectivity index (χ2n) is 4.85. The van der Waals surface area contributed by atoms with E-state index in [0.29, 0.717) is 0 Å². The van der Waals surface area contributed by atoms with Crippen molar-refractivity contribution in [1.82, 2.24) is 0 Å². The highest BCUT2D eigenvalue weighted by molar-refractivity contribution is 4.84. The van der Waals surface area contributed by atoms with Crippen LogP contribution in [0.4, 0.5) is 0 Å². The Hall–Kier alpha value is 0. The largest absolute Gasteiger partial charge is 0.0630 e. The monoisotopic (exact) mass is 156 g/mol. The van der Waals surface area contributed by atoms with E-state index in [9.17, 15) is 0 Å². The van der Waals surface area contributed by atoms with Gasteiger partial charge in [0, 0.05) is 0 Å². The predicted octanol–water partition coefficient (Wildman–Crippen LogP) is 3.96. The van der Waals surface area contributed by atoms with Crippen LogP contribution in [0, 0.1) is 23.7 Å². The van der Waals surface area contributed by atoms with E-state index in [1.807, 2.05) is 0 Å². The summed E-state index contributed by atoms with van der Waals surface area (Å²) in [5.41, 5.74) is 0. The van der Waals surface area contributed by atoms with Crippen molar-refractivity contribution in [2.75, 3.05) is 0 Å². The van der Waals surface area contributed by atoms with Gasteiger partial charge in [0.1, 0.15) is 0 Å². The van der Waals surface area contributed by atoms with E-state index >= 15 is 0 Å². The van der Waals surface area contributed by atoms with Gasteiger partial charge < -0.3 is 0 Å². The third-order valence-corrected chi connectivity index (χ3v) is 2.03. The average Bonchev–Trinajstić information content (AvgIpc) is 2.44. The lowest BCUT2D eigenvalue weighted by Gasteiger charge is -1.97. The molecule has 2 unspecified atom stereocenters. The molecular formula is C11H24. The Morgan fingerprint density at radius 2 is 1.27 bits per heavy atom. The van der Waals surface area contributed by atoms with Gasteiger partial charge in [0.2, 0.25) is 0 Å². The topological polar surface area (TPSA) is 0 Å². The van der Waals surface area contributed by atoms with Crippen molar-refractivity contribution in [3.63, 3.8) is 0 Å². The molecule has 1 fully saturated rings. The highest BCUT2D eigenvalue weighted by Crippen LogP contribution is 2.43. The molecular weight excluding hydrogens is 132 g/mol. The normalized spacial score (nSPS) is 28.4. The SMILES string of the molecule is CC(C)C.CC(C)C1CC1C. The second kappa shape index (κ2) is 4.79. The highest BCUT2D eigenvalue weighted by atomic mass is 14.4. The van der Waals surface area contributed by atoms with Gasteiger partial charge in [-0.05, 0) is 30.1 Å². The van der Waals surface area contributed by atoms with E-state index in [1.165, 1.54) is 6.42 Å². The van der Waals surface area contributed by atoms with Crippen LogP contribution in [0.5, 0.6) is 0 Å². The first kappa shape index (κ1) is 11.0. The Morgan fingerprint density at radius 3 is 1.27 bits per heavy atom. The molecule has 0 nitrogen and oxygen atoms in total. The zero-order chi connectivity index (χ0) is 9.02. The maximum atomic E-state index is 2.34. The lowest BCUT2D eigenvalue weighted by atomic mass is 10.1. The molecule has 1 saturated carbocycles. The van der Waals surface area contributed by atoms with Gasteiger partial charge in [-0.25, -0.2) is 0 Å². The summed E-state index contributed by atoms with van der Waals surface area (Å²) in [5, 5.41) is 0. The first-order valence-electron chi connectivity index (χ1n) is 4.95. The van der Waals surface area contributed by atoms with Gasteiger partial charge in [-0.15, -0.1) is 0 Å². The molecule has 0 radical (unpaired) electrons. The van der Waals surface area contributed by atoms with Crippen LogP contribution in [-0.4, -0.2) is 0 Å². The number of hydrogen-bond donors (Lipinski definition) is 0. The summed E-state index contributed by atoms with van der Waals surface area (Å²) < 4.78 is 0. The Balaban J connectivity index is 0.000000218. The van der Waals surface area contributed by atoms with Crippen molar-refractivity contribution in [1.29, 1.82) is 0 Å². The average molecular weight is 156 g/mol. The maximum Gasteiger partial charge on any atom is -0.0363 e. The molecule has 1 rings (SSSR count). The minimum absolute atomic E-state index is 0.833. The summed E-state index contributed by atoms with van der Waals surface area (Å²) in [6.45, 7) is 13.5. The highest BCUT2D eigenvalue weighted by Gasteiger charge is 2.34. The first-order chi connectivity index (χ1) is 4.95. The number of hydrogen-bond acceptors (Lipinski definition) is 0. The predicted molar refractivity (Wildman–Crippen MR) is 52.6 cm³/mol. The van der Waals surface area contributed by atoms with E-state index < -0.39 is 0 Å². The third-order valence-electron chi connectivity index (χ3n) is 2.03. The van der Waals surface area contributed by atoms with Crippen molar-refractivity contribution >= 4 is 0 Å². The molecule has 0 spiro atoms. The summed E-state index contributed by atoms with van der Waals surface area (Å²) in [5.74, 6) is 3.88. The fraction of sp³-hybridized carbons (Fsp3) is 1.00. The Kier molecular flexibility index (Phi) is 4.79. The molecule has 68 valence electrons. The van der Waals surface area contributed by atoms with Crippen molar-refractivity contribution in [2.45, 2.75) is 48.0 Å². The fourth-order valence-corrected chi connectivity index (χ4v) is 1.28. The van der Waals surface area contributed by atoms with Crippen molar-refractivity contribution in [3.8, 4) is 0 Å². The van der Waals surface area contributed by atoms with Crippen LogP contribution in [0.25, 0.3) is 0 Å². The molecule has 0 amide bonds. The van der Waals surface area contributed by atoms with E-state index in [1.54, 1.807) is 0 Å². The van der Waals surface area contributed by atoms with Gasteiger partial charge in [0.15, 0.2) is 0 Å². The summed E-state index contributed by atoms with van der Waals surface area (Å²) in [6, 6.07) is 0. The van der Waals surface area contributed by atoms with Crippen molar-refractivity contribution in [2.24, 2.45) is 23.7 Å². The lowest BCUT2D eigenvalue weighted by molar-refractivity contribution is 0.530. The molecule has 1 aliphatic carbocycles.